The smallest absolute Gasteiger partial charge is 0.262 e. The molecule has 37 heavy (non-hydrogen) atoms. The number of thioether (sulfide) groups is 1. The molecule has 0 bridgehead atoms. The van der Waals surface area contributed by atoms with Crippen LogP contribution in [-0.4, -0.2) is 40.1 Å². The summed E-state index contributed by atoms with van der Waals surface area (Å²) in [6.45, 7) is 4.11. The number of carbonyl (C=O) groups is 2. The minimum Gasteiger partial charge on any atom is -0.497 e. The molecule has 0 saturated carbocycles. The fourth-order valence-corrected chi connectivity index (χ4v) is 5.40. The number of nitrogens with zero attached hydrogens (tertiary/aromatic N) is 3. The van der Waals surface area contributed by atoms with Gasteiger partial charge in [0.1, 0.15) is 11.0 Å². The number of benzene rings is 3. The summed E-state index contributed by atoms with van der Waals surface area (Å²) in [4.78, 5) is 29.9. The van der Waals surface area contributed by atoms with Gasteiger partial charge in [0.15, 0.2) is 5.17 Å². The number of rotatable bonds is 6. The number of hydrogen-bond donors (Lipinski definition) is 1. The Balaban J connectivity index is 1.34. The molecule has 3 aromatic rings. The van der Waals surface area contributed by atoms with Crippen molar-refractivity contribution in [2.45, 2.75) is 38.0 Å². The van der Waals surface area contributed by atoms with Gasteiger partial charge in [0.05, 0.1) is 18.9 Å². The minimum atomic E-state index is -0.599. The number of carbonyl (C=O) groups excluding carboxylic acids is 2. The van der Waals surface area contributed by atoms with Gasteiger partial charge in [-0.05, 0) is 37.1 Å². The Morgan fingerprint density at radius 2 is 1.76 bits per heavy atom. The number of amides is 2. The second-order valence-corrected chi connectivity index (χ2v) is 10.4. The standard InChI is InChI=1S/C29H28N4O3S/c1-18-7-11-20(12-8-18)24-16-25(21-13-9-19(2)10-14-21)33(32-24)29-31-28(35)26(37-29)17-27(34)30-22-5-4-6-23(15-22)36-3/h4-15,25-26H,16-17H2,1-3H3,(H,30,34)/t25-,26+/m0/s1. The number of methoxy groups -OCH3 is 1. The van der Waals surface area contributed by atoms with Crippen molar-refractivity contribution < 1.29 is 14.3 Å². The lowest BCUT2D eigenvalue weighted by Crippen LogP contribution is -2.25. The first kappa shape index (κ1) is 24.8. The summed E-state index contributed by atoms with van der Waals surface area (Å²) in [5.74, 6) is 0.0755. The Bertz CT molecular complexity index is 1380. The van der Waals surface area contributed by atoms with Crippen LogP contribution in [0.25, 0.3) is 0 Å². The van der Waals surface area contributed by atoms with E-state index in [-0.39, 0.29) is 24.3 Å². The highest BCUT2D eigenvalue weighted by atomic mass is 32.2. The Labute approximate surface area is 220 Å². The lowest BCUT2D eigenvalue weighted by Gasteiger charge is -2.23. The average Bonchev–Trinajstić information content (AvgIpc) is 3.49. The summed E-state index contributed by atoms with van der Waals surface area (Å²) in [5, 5.41) is 9.54. The fourth-order valence-electron chi connectivity index (χ4n) is 4.34. The summed E-state index contributed by atoms with van der Waals surface area (Å²) in [6, 6.07) is 23.7. The van der Waals surface area contributed by atoms with Gasteiger partial charge < -0.3 is 10.1 Å². The quantitative estimate of drug-likeness (QED) is 0.472. The molecule has 2 aliphatic rings. The highest BCUT2D eigenvalue weighted by Crippen LogP contribution is 2.38. The van der Waals surface area contributed by atoms with Gasteiger partial charge in [0, 0.05) is 24.6 Å². The first-order valence-corrected chi connectivity index (χ1v) is 13.0. The molecule has 188 valence electrons. The number of nitrogens with one attached hydrogen (secondary N) is 1. The maximum absolute atomic E-state index is 12.8. The van der Waals surface area contributed by atoms with Crippen LogP contribution in [0.2, 0.25) is 0 Å². The van der Waals surface area contributed by atoms with Gasteiger partial charge in [-0.15, -0.1) is 0 Å². The van der Waals surface area contributed by atoms with Crippen molar-refractivity contribution >= 4 is 40.1 Å². The van der Waals surface area contributed by atoms with Gasteiger partial charge in [-0.2, -0.15) is 10.1 Å². The van der Waals surface area contributed by atoms with E-state index in [1.807, 2.05) is 5.01 Å². The van der Waals surface area contributed by atoms with E-state index in [0.717, 1.165) is 16.8 Å². The van der Waals surface area contributed by atoms with Gasteiger partial charge in [0.25, 0.3) is 5.91 Å². The summed E-state index contributed by atoms with van der Waals surface area (Å²) < 4.78 is 5.21. The molecule has 2 aliphatic heterocycles. The second kappa shape index (κ2) is 10.6. The normalized spacial score (nSPS) is 19.0. The molecule has 0 saturated heterocycles. The predicted molar refractivity (Wildman–Crippen MR) is 148 cm³/mol. The van der Waals surface area contributed by atoms with Crippen LogP contribution in [0.15, 0.2) is 82.9 Å². The van der Waals surface area contributed by atoms with Crippen LogP contribution in [-0.2, 0) is 9.59 Å². The Hall–Kier alpha value is -3.91. The van der Waals surface area contributed by atoms with Crippen LogP contribution in [0, 0.1) is 13.8 Å². The largest absolute Gasteiger partial charge is 0.497 e. The molecule has 7 nitrogen and oxygen atoms in total. The molecule has 1 N–H and O–H groups in total. The number of hydrogen-bond acceptors (Lipinski definition) is 6. The molecule has 0 unspecified atom stereocenters. The highest BCUT2D eigenvalue weighted by Gasteiger charge is 2.39. The summed E-state index contributed by atoms with van der Waals surface area (Å²) >= 11 is 1.30. The molecule has 2 atom stereocenters. The third-order valence-corrected chi connectivity index (χ3v) is 7.55. The van der Waals surface area contributed by atoms with Crippen molar-refractivity contribution in [2.75, 3.05) is 12.4 Å². The number of hydrazone groups is 1. The van der Waals surface area contributed by atoms with E-state index in [0.29, 0.717) is 23.0 Å². The van der Waals surface area contributed by atoms with E-state index in [9.17, 15) is 9.59 Å². The second-order valence-electron chi connectivity index (χ2n) is 9.21. The predicted octanol–water partition coefficient (Wildman–Crippen LogP) is 5.49. The monoisotopic (exact) mass is 512 g/mol. The van der Waals surface area contributed by atoms with Crippen LogP contribution in [0.1, 0.15) is 41.1 Å². The van der Waals surface area contributed by atoms with E-state index in [4.69, 9.17) is 9.84 Å². The molecule has 0 aliphatic carbocycles. The zero-order valence-corrected chi connectivity index (χ0v) is 21.8. The van der Waals surface area contributed by atoms with Crippen molar-refractivity contribution in [3.8, 4) is 5.75 Å². The summed E-state index contributed by atoms with van der Waals surface area (Å²) in [5.41, 5.74) is 6.08. The van der Waals surface area contributed by atoms with Crippen molar-refractivity contribution in [1.82, 2.24) is 5.01 Å². The first-order valence-electron chi connectivity index (χ1n) is 12.1. The van der Waals surface area contributed by atoms with Crippen molar-refractivity contribution in [2.24, 2.45) is 10.1 Å². The number of aliphatic imine (C=N–C) groups is 1. The van der Waals surface area contributed by atoms with Gasteiger partial charge in [-0.3, -0.25) is 9.59 Å². The molecule has 3 aromatic carbocycles. The third-order valence-electron chi connectivity index (χ3n) is 6.41. The van der Waals surface area contributed by atoms with Gasteiger partial charge in [0.2, 0.25) is 5.91 Å². The molecule has 8 heteroatoms. The zero-order chi connectivity index (χ0) is 25.9. The van der Waals surface area contributed by atoms with Crippen LogP contribution in [0.3, 0.4) is 0 Å². The van der Waals surface area contributed by atoms with E-state index >= 15 is 0 Å². The van der Waals surface area contributed by atoms with Crippen molar-refractivity contribution in [1.29, 1.82) is 0 Å². The topological polar surface area (TPSA) is 83.4 Å². The molecule has 0 spiro atoms. The molecule has 2 heterocycles. The Morgan fingerprint density at radius 1 is 1.05 bits per heavy atom. The van der Waals surface area contributed by atoms with E-state index in [1.165, 1.54) is 22.9 Å². The van der Waals surface area contributed by atoms with Crippen LogP contribution in [0.5, 0.6) is 5.75 Å². The Kier molecular flexibility index (Phi) is 7.10. The SMILES string of the molecule is COc1cccc(NC(=O)C[C@H]2SC(N3N=C(c4ccc(C)cc4)C[C@H]3c3ccc(C)cc3)=NC2=O)c1. The number of aryl methyl sites for hydroxylation is 2. The van der Waals surface area contributed by atoms with Crippen molar-refractivity contribution in [3.63, 3.8) is 0 Å². The maximum atomic E-state index is 12.8. The van der Waals surface area contributed by atoms with E-state index in [1.54, 1.807) is 31.4 Å². The third kappa shape index (κ3) is 5.59. The Morgan fingerprint density at radius 3 is 2.46 bits per heavy atom. The summed E-state index contributed by atoms with van der Waals surface area (Å²) in [6.07, 6.45) is 0.714. The molecule has 0 radical (unpaired) electrons. The molecule has 0 aromatic heterocycles. The van der Waals surface area contributed by atoms with Gasteiger partial charge in [-0.25, -0.2) is 5.01 Å². The molecular formula is C29H28N4O3S. The lowest BCUT2D eigenvalue weighted by molar-refractivity contribution is -0.121. The highest BCUT2D eigenvalue weighted by molar-refractivity contribution is 8.15. The van der Waals surface area contributed by atoms with Crippen LogP contribution >= 0.6 is 11.8 Å². The molecule has 5 rings (SSSR count). The summed E-state index contributed by atoms with van der Waals surface area (Å²) in [7, 11) is 1.57. The number of anilines is 1. The van der Waals surface area contributed by atoms with Crippen LogP contribution < -0.4 is 10.1 Å². The molecular weight excluding hydrogens is 484 g/mol. The van der Waals surface area contributed by atoms with E-state index < -0.39 is 5.25 Å². The van der Waals surface area contributed by atoms with Gasteiger partial charge in [-0.1, -0.05) is 77.5 Å². The van der Waals surface area contributed by atoms with Crippen molar-refractivity contribution in [3.05, 3.63) is 95.1 Å². The van der Waals surface area contributed by atoms with Crippen LogP contribution in [0.4, 0.5) is 5.69 Å². The maximum Gasteiger partial charge on any atom is 0.262 e. The lowest BCUT2D eigenvalue weighted by atomic mass is 9.97. The van der Waals surface area contributed by atoms with E-state index in [2.05, 4.69) is 72.7 Å². The molecule has 0 fully saturated rings. The minimum absolute atomic E-state index is 0.0191. The fraction of sp³-hybridized carbons (Fsp3) is 0.241. The average molecular weight is 513 g/mol. The first-order chi connectivity index (χ1) is 17.9. The van der Waals surface area contributed by atoms with Gasteiger partial charge >= 0.3 is 0 Å². The molecule has 2 amide bonds. The number of amidine groups is 1. The zero-order valence-electron chi connectivity index (χ0n) is 21.0. The number of ether oxygens (including phenoxy) is 1.